The zero-order chi connectivity index (χ0) is 14.7. The Bertz CT molecular complexity index is 472. The van der Waals surface area contributed by atoms with Crippen molar-refractivity contribution in [2.24, 2.45) is 0 Å². The molecule has 2 heterocycles. The summed E-state index contributed by atoms with van der Waals surface area (Å²) in [6, 6.07) is 0.307. The van der Waals surface area contributed by atoms with Crippen LogP contribution in [-0.2, 0) is 0 Å². The largest absolute Gasteiger partial charge is 0.393 e. The zero-order valence-corrected chi connectivity index (χ0v) is 12.9. The molecule has 0 aromatic carbocycles. The first-order chi connectivity index (χ1) is 10.2. The molecule has 0 atom stereocenters. The van der Waals surface area contributed by atoms with Crippen molar-refractivity contribution >= 4 is 23.5 Å². The molecule has 0 spiro atoms. The van der Waals surface area contributed by atoms with Crippen molar-refractivity contribution < 1.29 is 5.11 Å². The maximum Gasteiger partial charge on any atom is 0.231 e. The average Bonchev–Trinajstić information content (AvgIpc) is 2.50. The summed E-state index contributed by atoms with van der Waals surface area (Å²) < 4.78 is 0. The number of piperidine rings is 1. The van der Waals surface area contributed by atoms with Crippen LogP contribution in [0, 0.1) is 0 Å². The molecule has 3 rings (SSSR count). The van der Waals surface area contributed by atoms with Crippen LogP contribution in [0.25, 0.3) is 0 Å². The van der Waals surface area contributed by atoms with E-state index in [1.54, 1.807) is 0 Å². The number of nitrogens with zero attached hydrogens (tertiary/aromatic N) is 4. The van der Waals surface area contributed by atoms with Gasteiger partial charge in [0.15, 0.2) is 0 Å². The van der Waals surface area contributed by atoms with Gasteiger partial charge in [-0.05, 0) is 56.5 Å². The number of hydrogen-bond acceptors (Lipinski definition) is 6. The molecule has 1 aromatic rings. The van der Waals surface area contributed by atoms with E-state index in [4.69, 9.17) is 11.6 Å². The molecule has 0 bridgehead atoms. The molecule has 0 radical (unpaired) electrons. The molecule has 2 fully saturated rings. The van der Waals surface area contributed by atoms with E-state index in [-0.39, 0.29) is 11.4 Å². The minimum Gasteiger partial charge on any atom is -0.393 e. The van der Waals surface area contributed by atoms with Crippen LogP contribution in [0.2, 0.25) is 5.28 Å². The molecular weight excluding hydrogens is 290 g/mol. The Balaban J connectivity index is 1.68. The summed E-state index contributed by atoms with van der Waals surface area (Å²) in [4.78, 5) is 15.1. The van der Waals surface area contributed by atoms with Crippen molar-refractivity contribution in [1.29, 1.82) is 0 Å². The SMILES string of the molecule is OC1CCC(Nc2nc(Cl)nc(N3CCCCC3)n2)CC1. The first kappa shape index (κ1) is 14.8. The van der Waals surface area contributed by atoms with E-state index >= 15 is 0 Å². The van der Waals surface area contributed by atoms with Crippen molar-refractivity contribution in [2.45, 2.75) is 57.1 Å². The molecule has 2 N–H and O–H groups in total. The van der Waals surface area contributed by atoms with Gasteiger partial charge in [-0.25, -0.2) is 0 Å². The van der Waals surface area contributed by atoms with Crippen molar-refractivity contribution in [3.05, 3.63) is 5.28 Å². The molecule has 7 heteroatoms. The van der Waals surface area contributed by atoms with Crippen LogP contribution < -0.4 is 10.2 Å². The average molecular weight is 312 g/mol. The standard InChI is InChI=1S/C14H22ClN5O/c15-12-17-13(16-10-4-6-11(21)7-5-10)19-14(18-12)20-8-2-1-3-9-20/h10-11,21H,1-9H2,(H,16,17,18,19). The maximum absolute atomic E-state index is 9.55. The maximum atomic E-state index is 9.55. The highest BCUT2D eigenvalue weighted by atomic mass is 35.5. The van der Waals surface area contributed by atoms with Gasteiger partial charge < -0.3 is 15.3 Å². The Kier molecular flexibility index (Phi) is 4.75. The summed E-state index contributed by atoms with van der Waals surface area (Å²) in [5, 5.41) is 13.1. The van der Waals surface area contributed by atoms with Gasteiger partial charge in [-0.15, -0.1) is 0 Å². The van der Waals surface area contributed by atoms with Crippen molar-refractivity contribution in [1.82, 2.24) is 15.0 Å². The van der Waals surface area contributed by atoms with Crippen LogP contribution in [0.1, 0.15) is 44.9 Å². The molecule has 0 amide bonds. The third-order valence-electron chi connectivity index (χ3n) is 4.27. The van der Waals surface area contributed by atoms with Gasteiger partial charge in [-0.1, -0.05) is 0 Å². The summed E-state index contributed by atoms with van der Waals surface area (Å²) in [6.45, 7) is 1.96. The lowest BCUT2D eigenvalue weighted by molar-refractivity contribution is 0.126. The molecule has 2 aliphatic rings. The fourth-order valence-corrected chi connectivity index (χ4v) is 3.20. The highest BCUT2D eigenvalue weighted by Gasteiger charge is 2.21. The number of aliphatic hydroxyl groups excluding tert-OH is 1. The van der Waals surface area contributed by atoms with E-state index in [1.165, 1.54) is 19.3 Å². The second kappa shape index (κ2) is 6.75. The van der Waals surface area contributed by atoms with Crippen LogP contribution in [0.5, 0.6) is 0 Å². The van der Waals surface area contributed by atoms with Crippen molar-refractivity contribution in [3.63, 3.8) is 0 Å². The lowest BCUT2D eigenvalue weighted by Gasteiger charge is -2.28. The molecule has 1 saturated heterocycles. The van der Waals surface area contributed by atoms with E-state index in [1.807, 2.05) is 0 Å². The number of anilines is 2. The first-order valence-electron chi connectivity index (χ1n) is 7.82. The van der Waals surface area contributed by atoms with Gasteiger partial charge in [0, 0.05) is 19.1 Å². The third-order valence-corrected chi connectivity index (χ3v) is 4.43. The lowest BCUT2D eigenvalue weighted by atomic mass is 9.93. The van der Waals surface area contributed by atoms with Gasteiger partial charge >= 0.3 is 0 Å². The van der Waals surface area contributed by atoms with E-state index in [0.717, 1.165) is 38.8 Å². The predicted octanol–water partition coefficient (Wildman–Crippen LogP) is 2.23. The van der Waals surface area contributed by atoms with Gasteiger partial charge in [0.2, 0.25) is 17.2 Å². The molecule has 6 nitrogen and oxygen atoms in total. The minimum absolute atomic E-state index is 0.158. The molecule has 1 saturated carbocycles. The highest BCUT2D eigenvalue weighted by Crippen LogP contribution is 2.23. The normalized spacial score (nSPS) is 26.7. The molecular formula is C14H22ClN5O. The first-order valence-corrected chi connectivity index (χ1v) is 8.19. The third kappa shape index (κ3) is 3.95. The summed E-state index contributed by atoms with van der Waals surface area (Å²) in [6.07, 6.45) is 6.98. The number of halogens is 1. The second-order valence-corrected chi connectivity index (χ2v) is 6.26. The molecule has 1 aromatic heterocycles. The van der Waals surface area contributed by atoms with Crippen molar-refractivity contribution in [2.75, 3.05) is 23.3 Å². The number of hydrogen-bond donors (Lipinski definition) is 2. The monoisotopic (exact) mass is 311 g/mol. The van der Waals surface area contributed by atoms with Crippen LogP contribution in [0.15, 0.2) is 0 Å². The lowest BCUT2D eigenvalue weighted by Crippen LogP contribution is -2.32. The highest BCUT2D eigenvalue weighted by molar-refractivity contribution is 6.28. The van der Waals surface area contributed by atoms with Crippen LogP contribution in [0.4, 0.5) is 11.9 Å². The Morgan fingerprint density at radius 3 is 2.43 bits per heavy atom. The van der Waals surface area contributed by atoms with Gasteiger partial charge in [0.05, 0.1) is 6.10 Å². The summed E-state index contributed by atoms with van der Waals surface area (Å²) in [5.41, 5.74) is 0. The summed E-state index contributed by atoms with van der Waals surface area (Å²) in [7, 11) is 0. The molecule has 116 valence electrons. The van der Waals surface area contributed by atoms with Crippen LogP contribution in [-0.4, -0.2) is 45.3 Å². The number of aliphatic hydroxyl groups is 1. The molecule has 1 aliphatic carbocycles. The second-order valence-electron chi connectivity index (χ2n) is 5.93. The van der Waals surface area contributed by atoms with E-state index in [0.29, 0.717) is 17.9 Å². The minimum atomic E-state index is -0.158. The number of nitrogens with one attached hydrogen (secondary N) is 1. The van der Waals surface area contributed by atoms with E-state index in [2.05, 4.69) is 25.2 Å². The summed E-state index contributed by atoms with van der Waals surface area (Å²) in [5.74, 6) is 1.23. The smallest absolute Gasteiger partial charge is 0.231 e. The summed E-state index contributed by atoms with van der Waals surface area (Å²) >= 11 is 6.04. The Labute approximate surface area is 130 Å². The van der Waals surface area contributed by atoms with Gasteiger partial charge in [0.1, 0.15) is 0 Å². The number of rotatable bonds is 3. The van der Waals surface area contributed by atoms with Gasteiger partial charge in [-0.2, -0.15) is 15.0 Å². The Hall–Kier alpha value is -1.14. The van der Waals surface area contributed by atoms with Gasteiger partial charge in [-0.3, -0.25) is 0 Å². The van der Waals surface area contributed by atoms with E-state index < -0.39 is 0 Å². The van der Waals surface area contributed by atoms with Crippen LogP contribution >= 0.6 is 11.6 Å². The Morgan fingerprint density at radius 1 is 1.00 bits per heavy atom. The molecule has 21 heavy (non-hydrogen) atoms. The van der Waals surface area contributed by atoms with Gasteiger partial charge in [0.25, 0.3) is 0 Å². The van der Waals surface area contributed by atoms with Crippen LogP contribution in [0.3, 0.4) is 0 Å². The molecule has 1 aliphatic heterocycles. The predicted molar refractivity (Wildman–Crippen MR) is 82.8 cm³/mol. The van der Waals surface area contributed by atoms with E-state index in [9.17, 15) is 5.11 Å². The van der Waals surface area contributed by atoms with Crippen molar-refractivity contribution in [3.8, 4) is 0 Å². The molecule has 0 unspecified atom stereocenters. The fourth-order valence-electron chi connectivity index (χ4n) is 3.04. The quantitative estimate of drug-likeness (QED) is 0.891. The number of aromatic nitrogens is 3. The Morgan fingerprint density at radius 2 is 1.71 bits per heavy atom. The zero-order valence-electron chi connectivity index (χ0n) is 12.1. The topological polar surface area (TPSA) is 74.2 Å². The fraction of sp³-hybridized carbons (Fsp3) is 0.786.